The average molecular weight is 416 g/mol. The summed E-state index contributed by atoms with van der Waals surface area (Å²) in [5.41, 5.74) is 4.96. The van der Waals surface area contributed by atoms with Crippen molar-refractivity contribution in [2.45, 2.75) is 39.8 Å². The lowest BCUT2D eigenvalue weighted by Crippen LogP contribution is -2.15. The van der Waals surface area contributed by atoms with Gasteiger partial charge in [0, 0.05) is 24.1 Å². The molecule has 0 aliphatic carbocycles. The van der Waals surface area contributed by atoms with Crippen LogP contribution in [0.25, 0.3) is 11.2 Å². The Balaban J connectivity index is 1.42. The van der Waals surface area contributed by atoms with E-state index in [0.717, 1.165) is 34.6 Å². The Morgan fingerprint density at radius 3 is 2.81 bits per heavy atom. The van der Waals surface area contributed by atoms with E-state index in [4.69, 9.17) is 0 Å². The van der Waals surface area contributed by atoms with E-state index in [1.54, 1.807) is 12.4 Å². The van der Waals surface area contributed by atoms with Gasteiger partial charge in [0.15, 0.2) is 0 Å². The third-order valence-corrected chi connectivity index (χ3v) is 4.95. The number of hydrogen-bond acceptors (Lipinski definition) is 6. The number of rotatable bonds is 7. The van der Waals surface area contributed by atoms with Crippen LogP contribution in [-0.2, 0) is 17.8 Å². The second-order valence-electron chi connectivity index (χ2n) is 7.49. The lowest BCUT2D eigenvalue weighted by atomic mass is 10.1. The fourth-order valence-corrected chi connectivity index (χ4v) is 3.24. The summed E-state index contributed by atoms with van der Waals surface area (Å²) in [5.74, 6) is 0.554. The first-order valence-electron chi connectivity index (χ1n) is 10.3. The maximum Gasteiger partial charge on any atom is 0.230 e. The van der Waals surface area contributed by atoms with E-state index < -0.39 is 0 Å². The molecule has 31 heavy (non-hydrogen) atoms. The van der Waals surface area contributed by atoms with Crippen LogP contribution in [0.3, 0.4) is 0 Å². The van der Waals surface area contributed by atoms with Crippen LogP contribution in [0.15, 0.2) is 55.0 Å². The molecule has 0 aliphatic rings. The van der Waals surface area contributed by atoms with Gasteiger partial charge < -0.3 is 10.6 Å². The minimum Gasteiger partial charge on any atom is -0.362 e. The Labute approximate surface area is 180 Å². The molecule has 0 fully saturated rings. The minimum atomic E-state index is -0.100. The number of benzene rings is 1. The SMILES string of the molecule is CCn1cc2ncc(NC(C)c3cccc(NC(=O)Cc4ccc(C)cn4)c3)nc2n1. The lowest BCUT2D eigenvalue weighted by molar-refractivity contribution is -0.115. The van der Waals surface area contributed by atoms with Gasteiger partial charge >= 0.3 is 0 Å². The lowest BCUT2D eigenvalue weighted by Gasteiger charge is -2.16. The largest absolute Gasteiger partial charge is 0.362 e. The molecule has 0 spiro atoms. The van der Waals surface area contributed by atoms with Gasteiger partial charge in [-0.2, -0.15) is 5.10 Å². The first-order chi connectivity index (χ1) is 15.0. The van der Waals surface area contributed by atoms with Crippen LogP contribution < -0.4 is 10.6 Å². The highest BCUT2D eigenvalue weighted by Crippen LogP contribution is 2.22. The highest BCUT2D eigenvalue weighted by Gasteiger charge is 2.11. The highest BCUT2D eigenvalue weighted by atomic mass is 16.1. The fourth-order valence-electron chi connectivity index (χ4n) is 3.24. The number of fused-ring (bicyclic) bond motifs is 1. The molecule has 3 heterocycles. The number of aromatic nitrogens is 5. The smallest absolute Gasteiger partial charge is 0.230 e. The van der Waals surface area contributed by atoms with Crippen molar-refractivity contribution in [2.24, 2.45) is 0 Å². The number of carbonyl (C=O) groups excluding carboxylic acids is 1. The minimum absolute atomic E-state index is 0.0318. The Morgan fingerprint density at radius 2 is 2.03 bits per heavy atom. The molecule has 8 nitrogen and oxygen atoms in total. The number of carbonyl (C=O) groups is 1. The Kier molecular flexibility index (Phi) is 5.88. The second kappa shape index (κ2) is 8.91. The summed E-state index contributed by atoms with van der Waals surface area (Å²) in [4.78, 5) is 25.7. The quantitative estimate of drug-likeness (QED) is 0.475. The zero-order valence-electron chi connectivity index (χ0n) is 17.8. The van der Waals surface area contributed by atoms with Gasteiger partial charge in [0.2, 0.25) is 11.6 Å². The third kappa shape index (κ3) is 5.03. The van der Waals surface area contributed by atoms with Crippen molar-refractivity contribution in [3.8, 4) is 0 Å². The van der Waals surface area contributed by atoms with Crippen molar-refractivity contribution in [1.82, 2.24) is 24.7 Å². The molecule has 1 aromatic carbocycles. The van der Waals surface area contributed by atoms with Crippen LogP contribution in [0.5, 0.6) is 0 Å². The standard InChI is InChI=1S/C23H25N7O/c1-4-30-14-20-23(29-30)28-21(13-25-20)26-16(3)17-6-5-7-19(10-17)27-22(31)11-18-9-8-15(2)12-24-18/h5-10,12-14,16H,4,11H2,1-3H3,(H,27,31)(H,26,28,29). The normalized spacial score (nSPS) is 12.0. The number of anilines is 2. The van der Waals surface area contributed by atoms with Gasteiger partial charge in [-0.05, 0) is 50.1 Å². The molecule has 8 heteroatoms. The van der Waals surface area contributed by atoms with E-state index in [1.165, 1.54) is 0 Å². The van der Waals surface area contributed by atoms with Crippen LogP contribution in [0.1, 0.15) is 36.7 Å². The van der Waals surface area contributed by atoms with Gasteiger partial charge in [-0.3, -0.25) is 14.5 Å². The van der Waals surface area contributed by atoms with Crippen molar-refractivity contribution < 1.29 is 4.79 Å². The zero-order valence-corrected chi connectivity index (χ0v) is 17.8. The fraction of sp³-hybridized carbons (Fsp3) is 0.261. The van der Waals surface area contributed by atoms with Crippen molar-refractivity contribution in [2.75, 3.05) is 10.6 Å². The number of pyridine rings is 1. The topological polar surface area (TPSA) is 97.6 Å². The molecular formula is C23H25N7O. The third-order valence-electron chi connectivity index (χ3n) is 4.95. The molecule has 158 valence electrons. The van der Waals surface area contributed by atoms with Crippen LogP contribution in [-0.4, -0.2) is 30.6 Å². The molecule has 1 unspecified atom stereocenters. The molecule has 1 amide bonds. The second-order valence-corrected chi connectivity index (χ2v) is 7.49. The summed E-state index contributed by atoms with van der Waals surface area (Å²) in [5, 5.41) is 10.7. The molecule has 3 aromatic heterocycles. The Morgan fingerprint density at radius 1 is 1.16 bits per heavy atom. The highest BCUT2D eigenvalue weighted by molar-refractivity contribution is 5.92. The van der Waals surface area contributed by atoms with Crippen molar-refractivity contribution >= 4 is 28.6 Å². The van der Waals surface area contributed by atoms with E-state index in [2.05, 4.69) is 30.7 Å². The molecule has 0 radical (unpaired) electrons. The Bertz CT molecular complexity index is 1200. The van der Waals surface area contributed by atoms with E-state index in [-0.39, 0.29) is 18.4 Å². The van der Waals surface area contributed by atoms with E-state index in [9.17, 15) is 4.79 Å². The number of amides is 1. The number of hydrogen-bond donors (Lipinski definition) is 2. The molecule has 2 N–H and O–H groups in total. The summed E-state index contributed by atoms with van der Waals surface area (Å²) < 4.78 is 1.82. The monoisotopic (exact) mass is 415 g/mol. The van der Waals surface area contributed by atoms with Crippen LogP contribution >= 0.6 is 0 Å². The van der Waals surface area contributed by atoms with Gasteiger partial charge in [0.05, 0.1) is 24.9 Å². The van der Waals surface area contributed by atoms with Gasteiger partial charge in [-0.15, -0.1) is 0 Å². The predicted octanol–water partition coefficient (Wildman–Crippen LogP) is 3.90. The summed E-state index contributed by atoms with van der Waals surface area (Å²) in [6.07, 6.45) is 5.59. The van der Waals surface area contributed by atoms with Crippen LogP contribution in [0.2, 0.25) is 0 Å². The molecule has 4 aromatic rings. The van der Waals surface area contributed by atoms with Crippen molar-refractivity contribution in [3.63, 3.8) is 0 Å². The molecule has 0 saturated heterocycles. The van der Waals surface area contributed by atoms with Crippen molar-refractivity contribution in [1.29, 1.82) is 0 Å². The van der Waals surface area contributed by atoms with E-state index in [0.29, 0.717) is 11.5 Å². The van der Waals surface area contributed by atoms with Gasteiger partial charge in [-0.1, -0.05) is 18.2 Å². The average Bonchev–Trinajstić information content (AvgIpc) is 3.18. The van der Waals surface area contributed by atoms with Crippen LogP contribution in [0.4, 0.5) is 11.5 Å². The number of nitrogens with one attached hydrogen (secondary N) is 2. The van der Waals surface area contributed by atoms with Gasteiger partial charge in [0.25, 0.3) is 0 Å². The molecule has 0 aliphatic heterocycles. The van der Waals surface area contributed by atoms with Gasteiger partial charge in [-0.25, -0.2) is 9.97 Å². The maximum absolute atomic E-state index is 12.4. The Hall–Kier alpha value is -3.81. The molecule has 0 saturated carbocycles. The van der Waals surface area contributed by atoms with Crippen molar-refractivity contribution in [3.05, 3.63) is 71.8 Å². The van der Waals surface area contributed by atoms with Gasteiger partial charge in [0.1, 0.15) is 11.3 Å². The van der Waals surface area contributed by atoms with E-state index in [1.807, 2.05) is 68.0 Å². The predicted molar refractivity (Wildman–Crippen MR) is 121 cm³/mol. The zero-order chi connectivity index (χ0) is 21.8. The summed E-state index contributed by atoms with van der Waals surface area (Å²) in [6, 6.07) is 11.6. The molecule has 4 rings (SSSR count). The van der Waals surface area contributed by atoms with Crippen LogP contribution in [0, 0.1) is 6.92 Å². The summed E-state index contributed by atoms with van der Waals surface area (Å²) in [7, 11) is 0. The maximum atomic E-state index is 12.4. The summed E-state index contributed by atoms with van der Waals surface area (Å²) in [6.45, 7) is 6.80. The molecule has 0 bridgehead atoms. The first-order valence-corrected chi connectivity index (χ1v) is 10.3. The first kappa shape index (κ1) is 20.5. The molecular weight excluding hydrogens is 390 g/mol. The molecule has 1 atom stereocenters. The van der Waals surface area contributed by atoms with E-state index >= 15 is 0 Å². The number of nitrogens with zero attached hydrogens (tertiary/aromatic N) is 5. The summed E-state index contributed by atoms with van der Waals surface area (Å²) >= 11 is 0. The number of aryl methyl sites for hydroxylation is 2.